The fourth-order valence-electron chi connectivity index (χ4n) is 3.07. The van der Waals surface area contributed by atoms with Crippen LogP contribution < -0.4 is 4.94 Å². The molecule has 0 bridgehead atoms. The SMILES string of the molecule is FOc1c(F)c(F)c(F)c(F)c1C(F)(F)C(F)(F)C(F)(F)C(F)(F)C(F)(F)C(F)(F)C(F)(F)C(F)(F)C(F)(F)C(F)(F)C(F)(F)C(F)(F)F. The lowest BCUT2D eigenvalue weighted by Gasteiger charge is -2.45. The minimum atomic E-state index is -9.92. The van der Waals surface area contributed by atoms with Gasteiger partial charge in [-0.2, -0.15) is 114 Å². The van der Waals surface area contributed by atoms with Crippen LogP contribution in [-0.2, 0) is 5.92 Å². The van der Waals surface area contributed by atoms with Crippen LogP contribution in [0.3, 0.4) is 0 Å². The van der Waals surface area contributed by atoms with Gasteiger partial charge in [0.15, 0.2) is 11.6 Å². The summed E-state index contributed by atoms with van der Waals surface area (Å²) in [7, 11) is 0. The normalized spacial score (nSPS) is 16.0. The minimum absolute atomic E-state index is 1.81. The maximum absolute atomic E-state index is 14.2. The quantitative estimate of drug-likeness (QED) is 0.116. The van der Waals surface area contributed by atoms with Crippen LogP contribution >= 0.6 is 0 Å². The number of halogens is 30. The predicted molar refractivity (Wildman–Crippen MR) is 87.4 cm³/mol. The van der Waals surface area contributed by atoms with E-state index >= 15 is 0 Å². The van der Waals surface area contributed by atoms with Gasteiger partial charge in [-0.25, -0.2) is 13.2 Å². The topological polar surface area (TPSA) is 9.23 Å². The van der Waals surface area contributed by atoms with Crippen molar-refractivity contribution in [2.24, 2.45) is 0 Å². The van der Waals surface area contributed by atoms with Gasteiger partial charge in [0.05, 0.1) is 0 Å². The highest BCUT2D eigenvalue weighted by Crippen LogP contribution is 2.68. The van der Waals surface area contributed by atoms with Crippen LogP contribution in [0.5, 0.6) is 5.75 Å². The molecule has 0 radical (unpaired) electrons. The minimum Gasteiger partial charge on any atom is -0.290 e. The molecule has 1 aromatic rings. The predicted octanol–water partition coefficient (Wildman–Crippen LogP) is 10.5. The molecule has 0 aliphatic rings. The number of alkyl halides is 25. The molecule has 1 rings (SSSR count). The van der Waals surface area contributed by atoms with Crippen molar-refractivity contribution < 1.29 is 137 Å². The highest BCUT2D eigenvalue weighted by molar-refractivity contribution is 5.42. The lowest BCUT2D eigenvalue weighted by Crippen LogP contribution is -2.78. The monoisotopic (exact) mass is 802 g/mol. The van der Waals surface area contributed by atoms with Crippen LogP contribution in [0.4, 0.5) is 132 Å². The molecule has 0 N–H and O–H groups in total. The van der Waals surface area contributed by atoms with E-state index in [9.17, 15) is 132 Å². The average molecular weight is 802 g/mol. The second kappa shape index (κ2) is 11.2. The van der Waals surface area contributed by atoms with Crippen LogP contribution in [0, 0.1) is 23.3 Å². The summed E-state index contributed by atoms with van der Waals surface area (Å²) in [5, 5.41) is 0. The molecule has 0 unspecified atom stereocenters. The van der Waals surface area contributed by atoms with Gasteiger partial charge in [-0.3, -0.25) is 4.94 Å². The first kappa shape index (κ1) is 43.9. The number of benzene rings is 1. The van der Waals surface area contributed by atoms with E-state index in [0.717, 1.165) is 0 Å². The van der Waals surface area contributed by atoms with E-state index in [1.807, 2.05) is 0 Å². The third kappa shape index (κ3) is 5.06. The summed E-state index contributed by atoms with van der Waals surface area (Å²) in [6, 6.07) is 0. The molecule has 1 nitrogen and oxygen atoms in total. The summed E-state index contributed by atoms with van der Waals surface area (Å²) < 4.78 is 403. The van der Waals surface area contributed by atoms with Gasteiger partial charge in [0, 0.05) is 4.53 Å². The largest absolute Gasteiger partial charge is 0.460 e. The van der Waals surface area contributed by atoms with Crippen LogP contribution in [-0.4, -0.2) is 65.4 Å². The summed E-state index contributed by atoms with van der Waals surface area (Å²) in [4.78, 5) is 1.81. The summed E-state index contributed by atoms with van der Waals surface area (Å²) >= 11 is 0. The summed E-state index contributed by atoms with van der Waals surface area (Å²) in [6.07, 6.45) is -8.30. The fraction of sp³-hybridized carbons (Fsp3) is 0.667. The molecule has 0 amide bonds. The molecule has 0 aliphatic carbocycles. The van der Waals surface area contributed by atoms with Crippen LogP contribution in [0.15, 0.2) is 0 Å². The summed E-state index contributed by atoms with van der Waals surface area (Å²) in [5.74, 6) is -123. The molecule has 0 atom stereocenters. The molecule has 0 spiro atoms. The summed E-state index contributed by atoms with van der Waals surface area (Å²) in [6.45, 7) is 0. The van der Waals surface area contributed by atoms with Gasteiger partial charge in [-0.05, 0) is 0 Å². The van der Waals surface area contributed by atoms with Crippen LogP contribution in [0.1, 0.15) is 5.56 Å². The second-order valence-electron chi connectivity index (χ2n) is 8.85. The maximum Gasteiger partial charge on any atom is 0.460 e. The fourth-order valence-corrected chi connectivity index (χ4v) is 3.07. The van der Waals surface area contributed by atoms with Crippen molar-refractivity contribution in [1.29, 1.82) is 0 Å². The number of hydrogen-bond donors (Lipinski definition) is 0. The van der Waals surface area contributed by atoms with E-state index in [2.05, 4.69) is 0 Å². The van der Waals surface area contributed by atoms with Gasteiger partial charge < -0.3 is 0 Å². The molecule has 0 fully saturated rings. The van der Waals surface area contributed by atoms with Crippen molar-refractivity contribution in [1.82, 2.24) is 0 Å². The van der Waals surface area contributed by atoms with Crippen molar-refractivity contribution in [3.8, 4) is 5.75 Å². The summed E-state index contributed by atoms with van der Waals surface area (Å²) in [5.41, 5.74) is -4.61. The highest BCUT2D eigenvalue weighted by Gasteiger charge is 2.99. The first-order chi connectivity index (χ1) is 21.0. The Hall–Kier alpha value is -3.08. The van der Waals surface area contributed by atoms with Crippen LogP contribution in [0.2, 0.25) is 0 Å². The van der Waals surface area contributed by atoms with Crippen molar-refractivity contribution in [3.05, 3.63) is 28.8 Å². The first-order valence-electron chi connectivity index (χ1n) is 10.3. The Labute approximate surface area is 244 Å². The smallest absolute Gasteiger partial charge is 0.290 e. The van der Waals surface area contributed by atoms with Gasteiger partial charge in [0.2, 0.25) is 17.4 Å². The van der Waals surface area contributed by atoms with Crippen molar-refractivity contribution >= 4 is 0 Å². The molecule has 0 aliphatic heterocycles. The Bertz CT molecular complexity index is 1410. The third-order valence-electron chi connectivity index (χ3n) is 5.91. The molecule has 0 heterocycles. The van der Waals surface area contributed by atoms with E-state index in [0.29, 0.717) is 0 Å². The Morgan fingerprint density at radius 3 is 0.755 bits per heavy atom. The molecular formula is C18F30O. The van der Waals surface area contributed by atoms with Gasteiger partial charge in [0.1, 0.15) is 5.56 Å². The Kier molecular flexibility index (Phi) is 10.1. The molecule has 0 saturated carbocycles. The van der Waals surface area contributed by atoms with Crippen LogP contribution in [0.25, 0.3) is 0 Å². The molecule has 49 heavy (non-hydrogen) atoms. The number of hydrogen-bond acceptors (Lipinski definition) is 1. The van der Waals surface area contributed by atoms with E-state index in [4.69, 9.17) is 0 Å². The van der Waals surface area contributed by atoms with Gasteiger partial charge in [-0.15, -0.1) is 0 Å². The number of rotatable bonds is 12. The van der Waals surface area contributed by atoms with Gasteiger partial charge >= 0.3 is 71.3 Å². The van der Waals surface area contributed by atoms with Gasteiger partial charge in [0.25, 0.3) is 0 Å². The van der Waals surface area contributed by atoms with Crippen molar-refractivity contribution in [2.45, 2.75) is 71.3 Å². The third-order valence-corrected chi connectivity index (χ3v) is 5.91. The molecule has 288 valence electrons. The zero-order valence-corrected chi connectivity index (χ0v) is 20.7. The zero-order chi connectivity index (χ0) is 40.2. The van der Waals surface area contributed by atoms with Crippen molar-refractivity contribution in [2.75, 3.05) is 0 Å². The molecule has 0 saturated heterocycles. The first-order valence-corrected chi connectivity index (χ1v) is 10.3. The second-order valence-corrected chi connectivity index (χ2v) is 8.85. The Balaban J connectivity index is 4.10. The average Bonchev–Trinajstić information content (AvgIpc) is 2.91. The molecule has 31 heteroatoms. The van der Waals surface area contributed by atoms with Crippen molar-refractivity contribution in [3.63, 3.8) is 0 Å². The Morgan fingerprint density at radius 1 is 0.286 bits per heavy atom. The highest BCUT2D eigenvalue weighted by atomic mass is 19.4. The van der Waals surface area contributed by atoms with E-state index in [-0.39, 0.29) is 0 Å². The Morgan fingerprint density at radius 2 is 0.510 bits per heavy atom. The molecule has 0 aromatic heterocycles. The standard InChI is InChI=1S/C18F30O/c19-2-1(6(49-48)5(22)4(21)3(2)20)7(23,24)8(25,26)9(27,28)10(29,30)11(31,32)12(33,34)13(35,36)14(37,38)15(39,40)16(41,42)17(43,44)18(45,46)47. The maximum atomic E-state index is 14.2. The molecular weight excluding hydrogens is 802 g/mol. The molecule has 1 aromatic carbocycles. The van der Waals surface area contributed by atoms with Gasteiger partial charge in [-0.1, -0.05) is 0 Å². The van der Waals surface area contributed by atoms with E-state index in [1.54, 1.807) is 4.94 Å². The van der Waals surface area contributed by atoms with E-state index < -0.39 is 106 Å². The zero-order valence-electron chi connectivity index (χ0n) is 20.7. The lowest BCUT2D eigenvalue weighted by atomic mass is 9.83. The lowest BCUT2D eigenvalue weighted by molar-refractivity contribution is -0.482. The van der Waals surface area contributed by atoms with E-state index in [1.165, 1.54) is 0 Å².